The van der Waals surface area contributed by atoms with Crippen LogP contribution in [-0.2, 0) is 4.74 Å². The van der Waals surface area contributed by atoms with Crippen molar-refractivity contribution < 1.29 is 9.53 Å². The zero-order valence-electron chi connectivity index (χ0n) is 12.8. The summed E-state index contributed by atoms with van der Waals surface area (Å²) in [7, 11) is 0. The van der Waals surface area contributed by atoms with E-state index in [0.717, 1.165) is 12.8 Å². The van der Waals surface area contributed by atoms with Crippen molar-refractivity contribution in [2.45, 2.75) is 46.1 Å². The first kappa shape index (κ1) is 14.7. The van der Waals surface area contributed by atoms with Gasteiger partial charge in [-0.3, -0.25) is 0 Å². The van der Waals surface area contributed by atoms with E-state index in [9.17, 15) is 4.79 Å². The Morgan fingerprint density at radius 1 is 1.38 bits per heavy atom. The number of hydrogen-bond donors (Lipinski definition) is 1. The van der Waals surface area contributed by atoms with Crippen LogP contribution in [-0.4, -0.2) is 12.1 Å². The van der Waals surface area contributed by atoms with Crippen LogP contribution < -0.4 is 5.73 Å². The van der Waals surface area contributed by atoms with Gasteiger partial charge in [-0.2, -0.15) is 0 Å². The molecule has 0 amide bonds. The van der Waals surface area contributed by atoms with Crippen LogP contribution in [0.2, 0.25) is 5.02 Å². The lowest BCUT2D eigenvalue weighted by molar-refractivity contribution is -0.0242. The van der Waals surface area contributed by atoms with Gasteiger partial charge in [0, 0.05) is 5.41 Å². The number of fused-ring (bicyclic) bond motifs is 2. The summed E-state index contributed by atoms with van der Waals surface area (Å²) in [4.78, 5) is 12.4. The summed E-state index contributed by atoms with van der Waals surface area (Å²) < 4.78 is 5.83. The second kappa shape index (κ2) is 4.64. The number of nitrogen functional groups attached to an aromatic ring is 1. The predicted octanol–water partition coefficient (Wildman–Crippen LogP) is 4.29. The first-order valence-electron chi connectivity index (χ1n) is 7.52. The molecule has 1 aromatic carbocycles. The monoisotopic (exact) mass is 307 g/mol. The fraction of sp³-hybridized carbons (Fsp3) is 0.588. The summed E-state index contributed by atoms with van der Waals surface area (Å²) >= 11 is 5.98. The molecule has 2 saturated carbocycles. The molecule has 3 rings (SSSR count). The van der Waals surface area contributed by atoms with Gasteiger partial charge in [0.15, 0.2) is 0 Å². The van der Waals surface area contributed by atoms with Gasteiger partial charge in [0.1, 0.15) is 6.10 Å². The third kappa shape index (κ3) is 2.05. The first-order valence-corrected chi connectivity index (χ1v) is 7.89. The zero-order chi connectivity index (χ0) is 15.4. The molecule has 2 aliphatic carbocycles. The molecule has 3 nitrogen and oxygen atoms in total. The van der Waals surface area contributed by atoms with Crippen molar-refractivity contribution in [3.8, 4) is 0 Å². The quantitative estimate of drug-likeness (QED) is 0.655. The van der Waals surface area contributed by atoms with E-state index in [2.05, 4.69) is 20.8 Å². The van der Waals surface area contributed by atoms with Crippen LogP contribution in [0.5, 0.6) is 0 Å². The highest BCUT2D eigenvalue weighted by Crippen LogP contribution is 2.66. The van der Waals surface area contributed by atoms with Gasteiger partial charge in [0.2, 0.25) is 0 Å². The van der Waals surface area contributed by atoms with Crippen molar-refractivity contribution in [1.29, 1.82) is 0 Å². The van der Waals surface area contributed by atoms with Crippen molar-refractivity contribution >= 4 is 23.3 Å². The van der Waals surface area contributed by atoms with Gasteiger partial charge in [-0.05, 0) is 48.8 Å². The number of hydrogen-bond acceptors (Lipinski definition) is 3. The Morgan fingerprint density at radius 3 is 2.62 bits per heavy atom. The molecule has 0 heterocycles. The molecule has 4 heteroatoms. The molecule has 2 aliphatic rings. The van der Waals surface area contributed by atoms with Gasteiger partial charge in [-0.15, -0.1) is 0 Å². The van der Waals surface area contributed by atoms with E-state index in [1.165, 1.54) is 6.42 Å². The van der Waals surface area contributed by atoms with Gasteiger partial charge >= 0.3 is 5.97 Å². The Kier molecular flexibility index (Phi) is 3.25. The minimum Gasteiger partial charge on any atom is -0.458 e. The number of esters is 1. The number of nitrogens with two attached hydrogens (primary N) is 1. The minimum atomic E-state index is -0.300. The second-order valence-electron chi connectivity index (χ2n) is 7.24. The van der Waals surface area contributed by atoms with Crippen molar-refractivity contribution in [2.75, 3.05) is 5.73 Å². The van der Waals surface area contributed by atoms with E-state index < -0.39 is 0 Å². The van der Waals surface area contributed by atoms with Crippen LogP contribution in [0, 0.1) is 16.7 Å². The van der Waals surface area contributed by atoms with Crippen LogP contribution >= 0.6 is 11.6 Å². The Bertz CT molecular complexity index is 598. The number of halogens is 1. The predicted molar refractivity (Wildman–Crippen MR) is 84.3 cm³/mol. The van der Waals surface area contributed by atoms with Crippen LogP contribution in [0.15, 0.2) is 18.2 Å². The van der Waals surface area contributed by atoms with Crippen molar-refractivity contribution in [3.63, 3.8) is 0 Å². The van der Waals surface area contributed by atoms with E-state index in [1.807, 2.05) is 0 Å². The number of rotatable bonds is 2. The summed E-state index contributed by atoms with van der Waals surface area (Å²) in [5.41, 5.74) is 6.93. The number of ether oxygens (including phenoxy) is 1. The van der Waals surface area contributed by atoms with Crippen molar-refractivity contribution in [1.82, 2.24) is 0 Å². The highest BCUT2D eigenvalue weighted by atomic mass is 35.5. The lowest BCUT2D eigenvalue weighted by Gasteiger charge is -2.38. The van der Waals surface area contributed by atoms with Gasteiger partial charge in [0.25, 0.3) is 0 Å². The molecule has 2 fully saturated rings. The SMILES string of the molecule is CC1(C)C2CCC1(C)C(OC(=O)c1ccc(N)c(Cl)c1)C2. The Morgan fingerprint density at radius 2 is 2.10 bits per heavy atom. The van der Waals surface area contributed by atoms with Gasteiger partial charge < -0.3 is 10.5 Å². The maximum absolute atomic E-state index is 12.4. The molecule has 3 atom stereocenters. The van der Waals surface area contributed by atoms with E-state index in [1.54, 1.807) is 18.2 Å². The fourth-order valence-electron chi connectivity index (χ4n) is 4.16. The molecule has 114 valence electrons. The molecule has 0 aliphatic heterocycles. The summed E-state index contributed by atoms with van der Waals surface area (Å²) in [6, 6.07) is 4.90. The summed E-state index contributed by atoms with van der Waals surface area (Å²) in [5.74, 6) is 0.349. The van der Waals surface area contributed by atoms with E-state index in [0.29, 0.717) is 22.2 Å². The molecule has 0 spiro atoms. The standard InChI is InChI=1S/C17H22ClNO2/c1-16(2)11-6-7-17(16,3)14(9-11)21-15(20)10-4-5-13(19)12(18)8-10/h4-5,8,11,14H,6-7,9,19H2,1-3H3. The maximum atomic E-state index is 12.4. The number of carbonyl (C=O) groups is 1. The third-order valence-corrected chi connectivity index (χ3v) is 6.53. The Labute approximate surface area is 130 Å². The largest absolute Gasteiger partial charge is 0.458 e. The van der Waals surface area contributed by atoms with Crippen LogP contribution in [0.25, 0.3) is 0 Å². The lowest BCUT2D eigenvalue weighted by Crippen LogP contribution is -2.38. The zero-order valence-corrected chi connectivity index (χ0v) is 13.5. The van der Waals surface area contributed by atoms with Crippen molar-refractivity contribution in [3.05, 3.63) is 28.8 Å². The molecule has 0 aromatic heterocycles. The summed E-state index contributed by atoms with van der Waals surface area (Å²) in [5, 5.41) is 0.393. The third-order valence-electron chi connectivity index (χ3n) is 6.20. The van der Waals surface area contributed by atoms with Crippen LogP contribution in [0.1, 0.15) is 50.4 Å². The minimum absolute atomic E-state index is 0.00456. The molecule has 2 N–H and O–H groups in total. The molecular formula is C17H22ClNO2. The Balaban J connectivity index is 1.79. The lowest BCUT2D eigenvalue weighted by atomic mass is 9.70. The molecular weight excluding hydrogens is 286 g/mol. The molecule has 1 aromatic rings. The molecule has 2 bridgehead atoms. The average Bonchev–Trinajstić information content (AvgIpc) is 2.75. The topological polar surface area (TPSA) is 52.3 Å². The first-order chi connectivity index (χ1) is 9.75. The van der Waals surface area contributed by atoms with Gasteiger partial charge in [0.05, 0.1) is 16.3 Å². The summed E-state index contributed by atoms with van der Waals surface area (Å²) in [6.07, 6.45) is 3.34. The number of carbonyl (C=O) groups excluding carboxylic acids is 1. The number of anilines is 1. The van der Waals surface area contributed by atoms with E-state index in [-0.39, 0.29) is 22.9 Å². The molecule has 0 radical (unpaired) electrons. The highest BCUT2D eigenvalue weighted by molar-refractivity contribution is 6.33. The van der Waals surface area contributed by atoms with Gasteiger partial charge in [-0.1, -0.05) is 32.4 Å². The van der Waals surface area contributed by atoms with E-state index >= 15 is 0 Å². The van der Waals surface area contributed by atoms with E-state index in [4.69, 9.17) is 22.1 Å². The normalized spacial score (nSPS) is 33.1. The average molecular weight is 308 g/mol. The summed E-state index contributed by atoms with van der Waals surface area (Å²) in [6.45, 7) is 6.87. The second-order valence-corrected chi connectivity index (χ2v) is 7.65. The van der Waals surface area contributed by atoms with Crippen molar-refractivity contribution in [2.24, 2.45) is 16.7 Å². The molecule has 3 unspecified atom stereocenters. The number of benzene rings is 1. The molecule has 21 heavy (non-hydrogen) atoms. The maximum Gasteiger partial charge on any atom is 0.338 e. The Hall–Kier alpha value is -1.22. The highest BCUT2D eigenvalue weighted by Gasteiger charge is 2.62. The fourth-order valence-corrected chi connectivity index (χ4v) is 4.34. The smallest absolute Gasteiger partial charge is 0.338 e. The van der Waals surface area contributed by atoms with Crippen LogP contribution in [0.3, 0.4) is 0 Å². The van der Waals surface area contributed by atoms with Crippen LogP contribution in [0.4, 0.5) is 5.69 Å². The van der Waals surface area contributed by atoms with Gasteiger partial charge in [-0.25, -0.2) is 4.79 Å². The molecule has 0 saturated heterocycles.